The lowest BCUT2D eigenvalue weighted by molar-refractivity contribution is 0.0130. The van der Waals surface area contributed by atoms with Gasteiger partial charge in [0.05, 0.1) is 25.4 Å². The first-order chi connectivity index (χ1) is 18.9. The smallest absolute Gasteiger partial charge is 0.166 e. The lowest BCUT2D eigenvalue weighted by Crippen LogP contribution is -2.21. The highest BCUT2D eigenvalue weighted by Crippen LogP contribution is 2.38. The summed E-state index contributed by atoms with van der Waals surface area (Å²) in [4.78, 5) is 0. The molecule has 0 saturated heterocycles. The van der Waals surface area contributed by atoms with Crippen molar-refractivity contribution in [2.24, 2.45) is 0 Å². The number of hydrogen-bond donors (Lipinski definition) is 1. The molecule has 39 heavy (non-hydrogen) atoms. The zero-order valence-corrected chi connectivity index (χ0v) is 22.5. The molecular weight excluding hydrogens is 501 g/mol. The molecule has 0 aliphatic heterocycles. The summed E-state index contributed by atoms with van der Waals surface area (Å²) in [5, 5.41) is 10.2. The molecule has 208 valence electrons. The third kappa shape index (κ3) is 7.31. The lowest BCUT2D eigenvalue weighted by Gasteiger charge is -2.29. The minimum atomic E-state index is -0.841. The molecule has 1 N–H and O–H groups in total. The first kappa shape index (κ1) is 28.9. The molecule has 6 heteroatoms. The van der Waals surface area contributed by atoms with Crippen LogP contribution in [-0.2, 0) is 11.3 Å². The third-order valence-corrected chi connectivity index (χ3v) is 7.46. The summed E-state index contributed by atoms with van der Waals surface area (Å²) in [7, 11) is 0. The van der Waals surface area contributed by atoms with E-state index in [0.717, 1.165) is 30.4 Å². The molecule has 0 radical (unpaired) electrons. The van der Waals surface area contributed by atoms with Gasteiger partial charge in [-0.15, -0.1) is 6.58 Å². The van der Waals surface area contributed by atoms with Gasteiger partial charge in [0.1, 0.15) is 0 Å². The molecule has 3 aromatic rings. The van der Waals surface area contributed by atoms with E-state index in [-0.39, 0.29) is 29.9 Å². The Bertz CT molecular complexity index is 1230. The topological polar surface area (TPSA) is 38.7 Å². The molecule has 4 rings (SSSR count). The van der Waals surface area contributed by atoms with Crippen LogP contribution in [0.3, 0.4) is 0 Å². The van der Waals surface area contributed by atoms with E-state index in [0.29, 0.717) is 43.4 Å². The molecule has 0 aromatic heterocycles. The first-order valence-corrected chi connectivity index (χ1v) is 13.8. The highest BCUT2D eigenvalue weighted by molar-refractivity contribution is 5.65. The SMILES string of the molecule is C=CCCOc1ccc(COC2CCC(c3ccc(-c4ccc(C(O)CCC)cc4)c(F)c3F)CC2)cc1F. The van der Waals surface area contributed by atoms with Crippen LogP contribution in [0, 0.1) is 17.5 Å². The molecular formula is C33H37F3O3. The highest BCUT2D eigenvalue weighted by atomic mass is 19.2. The fourth-order valence-electron chi connectivity index (χ4n) is 5.19. The average molecular weight is 539 g/mol. The van der Waals surface area contributed by atoms with Gasteiger partial charge >= 0.3 is 0 Å². The monoisotopic (exact) mass is 538 g/mol. The second-order valence-corrected chi connectivity index (χ2v) is 10.2. The fraction of sp³-hybridized carbons (Fsp3) is 0.394. The molecule has 0 spiro atoms. The van der Waals surface area contributed by atoms with Gasteiger partial charge in [0.15, 0.2) is 23.2 Å². The van der Waals surface area contributed by atoms with E-state index >= 15 is 8.78 Å². The summed E-state index contributed by atoms with van der Waals surface area (Å²) in [6.45, 7) is 6.28. The van der Waals surface area contributed by atoms with Crippen molar-refractivity contribution >= 4 is 0 Å². The number of aliphatic hydroxyl groups is 1. The van der Waals surface area contributed by atoms with E-state index < -0.39 is 23.6 Å². The Balaban J connectivity index is 1.32. The van der Waals surface area contributed by atoms with Gasteiger partial charge in [-0.1, -0.05) is 61.9 Å². The van der Waals surface area contributed by atoms with Crippen molar-refractivity contribution in [2.45, 2.75) is 76.6 Å². The summed E-state index contributed by atoms with van der Waals surface area (Å²) in [6.07, 6.45) is 6.13. The second kappa shape index (κ2) is 13.8. The number of hydrogen-bond acceptors (Lipinski definition) is 3. The Hall–Kier alpha value is -3.09. The van der Waals surface area contributed by atoms with Crippen LogP contribution in [0.15, 0.2) is 67.3 Å². The van der Waals surface area contributed by atoms with E-state index in [9.17, 15) is 9.50 Å². The Kier molecular flexibility index (Phi) is 10.2. The maximum Gasteiger partial charge on any atom is 0.166 e. The van der Waals surface area contributed by atoms with Crippen molar-refractivity contribution in [1.82, 2.24) is 0 Å². The quantitative estimate of drug-likeness (QED) is 0.185. The predicted molar refractivity (Wildman–Crippen MR) is 148 cm³/mol. The Morgan fingerprint density at radius 1 is 0.974 bits per heavy atom. The number of rotatable bonds is 12. The fourth-order valence-corrected chi connectivity index (χ4v) is 5.19. The van der Waals surface area contributed by atoms with Gasteiger partial charge in [0.2, 0.25) is 0 Å². The minimum absolute atomic E-state index is 0.0124. The van der Waals surface area contributed by atoms with Crippen LogP contribution in [-0.4, -0.2) is 17.8 Å². The average Bonchev–Trinajstić information content (AvgIpc) is 2.95. The molecule has 1 unspecified atom stereocenters. The maximum absolute atomic E-state index is 15.2. The van der Waals surface area contributed by atoms with Crippen LogP contribution in [0.1, 0.15) is 80.6 Å². The van der Waals surface area contributed by atoms with E-state index in [1.807, 2.05) is 6.92 Å². The van der Waals surface area contributed by atoms with Crippen molar-refractivity contribution in [2.75, 3.05) is 6.61 Å². The third-order valence-electron chi connectivity index (χ3n) is 7.46. The van der Waals surface area contributed by atoms with Crippen LogP contribution in [0.25, 0.3) is 11.1 Å². The van der Waals surface area contributed by atoms with Gasteiger partial charge in [0, 0.05) is 5.56 Å². The number of ether oxygens (including phenoxy) is 2. The summed E-state index contributed by atoms with van der Waals surface area (Å²) in [6, 6.07) is 15.2. The Morgan fingerprint density at radius 3 is 2.38 bits per heavy atom. The van der Waals surface area contributed by atoms with Gasteiger partial charge < -0.3 is 14.6 Å². The van der Waals surface area contributed by atoms with E-state index in [4.69, 9.17) is 9.47 Å². The van der Waals surface area contributed by atoms with Crippen LogP contribution in [0.5, 0.6) is 5.75 Å². The maximum atomic E-state index is 15.2. The number of aliphatic hydroxyl groups excluding tert-OH is 1. The van der Waals surface area contributed by atoms with E-state index in [2.05, 4.69) is 6.58 Å². The van der Waals surface area contributed by atoms with Gasteiger partial charge in [-0.05, 0) is 78.8 Å². The largest absolute Gasteiger partial charge is 0.490 e. The van der Waals surface area contributed by atoms with Crippen molar-refractivity contribution in [3.05, 3.63) is 101 Å². The van der Waals surface area contributed by atoms with Crippen LogP contribution >= 0.6 is 0 Å². The summed E-state index contributed by atoms with van der Waals surface area (Å²) in [5.41, 5.74) is 2.69. The molecule has 1 aliphatic carbocycles. The second-order valence-electron chi connectivity index (χ2n) is 10.2. The number of benzene rings is 3. The Labute approximate surface area is 229 Å². The molecule has 1 saturated carbocycles. The van der Waals surface area contributed by atoms with Crippen molar-refractivity contribution in [3.8, 4) is 16.9 Å². The molecule has 0 bridgehead atoms. The molecule has 3 nitrogen and oxygen atoms in total. The molecule has 1 aliphatic rings. The Morgan fingerprint density at radius 2 is 1.72 bits per heavy atom. The predicted octanol–water partition coefficient (Wildman–Crippen LogP) is 8.80. The highest BCUT2D eigenvalue weighted by Gasteiger charge is 2.27. The summed E-state index contributed by atoms with van der Waals surface area (Å²) >= 11 is 0. The van der Waals surface area contributed by atoms with E-state index in [1.165, 1.54) is 6.07 Å². The summed E-state index contributed by atoms with van der Waals surface area (Å²) in [5.74, 6) is -1.92. The van der Waals surface area contributed by atoms with Gasteiger partial charge in [-0.2, -0.15) is 0 Å². The molecule has 1 atom stereocenters. The van der Waals surface area contributed by atoms with Crippen molar-refractivity contribution in [3.63, 3.8) is 0 Å². The first-order valence-electron chi connectivity index (χ1n) is 13.8. The lowest BCUT2D eigenvalue weighted by atomic mass is 9.82. The molecule has 3 aromatic carbocycles. The van der Waals surface area contributed by atoms with Crippen LogP contribution in [0.4, 0.5) is 13.2 Å². The van der Waals surface area contributed by atoms with Crippen molar-refractivity contribution < 1.29 is 27.8 Å². The zero-order valence-electron chi connectivity index (χ0n) is 22.5. The number of halogens is 3. The van der Waals surface area contributed by atoms with E-state index in [1.54, 1.807) is 54.6 Å². The van der Waals surface area contributed by atoms with Crippen LogP contribution in [0.2, 0.25) is 0 Å². The van der Waals surface area contributed by atoms with Gasteiger partial charge in [0.25, 0.3) is 0 Å². The zero-order chi connectivity index (χ0) is 27.8. The normalized spacial score (nSPS) is 18.1. The van der Waals surface area contributed by atoms with Gasteiger partial charge in [-0.25, -0.2) is 13.2 Å². The molecule has 1 fully saturated rings. The molecule has 0 amide bonds. The van der Waals surface area contributed by atoms with Crippen molar-refractivity contribution in [1.29, 1.82) is 0 Å². The minimum Gasteiger partial charge on any atom is -0.490 e. The molecule has 0 heterocycles. The summed E-state index contributed by atoms with van der Waals surface area (Å²) < 4.78 is 56.0. The standard InChI is InChI=1S/C33H37F3O3/c1-3-5-19-38-31-18-7-22(20-29(31)34)21-39-26-14-12-24(13-15-26)28-17-16-27(32(35)33(28)36)23-8-10-25(11-9-23)30(37)6-4-2/h3,7-11,16-18,20,24,26,30,37H,1,4-6,12-15,19,21H2,2H3. The van der Waals surface area contributed by atoms with Gasteiger partial charge in [-0.3, -0.25) is 0 Å². The van der Waals surface area contributed by atoms with Crippen LogP contribution < -0.4 is 4.74 Å².